The van der Waals surface area contributed by atoms with Gasteiger partial charge >= 0.3 is 0 Å². The SMILES string of the molecule is Cc1ccc(S[C@@H]2OC(CO)C(O)C(O)C2N2C(=O)c3ccccc3C2=O)cc1. The van der Waals surface area contributed by atoms with Crippen LogP contribution in [0.5, 0.6) is 0 Å². The van der Waals surface area contributed by atoms with Crippen molar-refractivity contribution in [2.45, 2.75) is 41.6 Å². The summed E-state index contributed by atoms with van der Waals surface area (Å²) in [5.74, 6) is -1.08. The van der Waals surface area contributed by atoms with Crippen LogP contribution >= 0.6 is 11.8 Å². The summed E-state index contributed by atoms with van der Waals surface area (Å²) >= 11 is 1.23. The molecule has 0 saturated carbocycles. The molecule has 0 aromatic heterocycles. The van der Waals surface area contributed by atoms with Gasteiger partial charge in [-0.15, -0.1) is 0 Å². The molecule has 2 aliphatic heterocycles. The molecule has 0 bridgehead atoms. The van der Waals surface area contributed by atoms with E-state index in [1.165, 1.54) is 11.8 Å². The molecule has 2 aromatic rings. The lowest BCUT2D eigenvalue weighted by Crippen LogP contribution is -2.64. The number of rotatable bonds is 4. The molecule has 7 nitrogen and oxygen atoms in total. The summed E-state index contributed by atoms with van der Waals surface area (Å²) in [7, 11) is 0. The number of hydrogen-bond donors (Lipinski definition) is 3. The minimum atomic E-state index is -1.47. The average Bonchev–Trinajstić information content (AvgIpc) is 2.97. The van der Waals surface area contributed by atoms with Gasteiger partial charge in [0.2, 0.25) is 0 Å². The molecule has 1 saturated heterocycles. The van der Waals surface area contributed by atoms with Gasteiger partial charge in [-0.3, -0.25) is 14.5 Å². The molecule has 4 unspecified atom stereocenters. The van der Waals surface area contributed by atoms with E-state index < -0.39 is 48.2 Å². The number of imide groups is 1. The van der Waals surface area contributed by atoms with Crippen molar-refractivity contribution in [3.8, 4) is 0 Å². The molecule has 0 aliphatic carbocycles. The first kappa shape index (κ1) is 20.1. The number of carbonyl (C=O) groups is 2. The number of nitrogens with zero attached hydrogens (tertiary/aromatic N) is 1. The second-order valence-electron chi connectivity index (χ2n) is 7.15. The van der Waals surface area contributed by atoms with Gasteiger partial charge in [0, 0.05) is 4.90 Å². The molecule has 1 fully saturated rings. The highest BCUT2D eigenvalue weighted by molar-refractivity contribution is 7.99. The van der Waals surface area contributed by atoms with E-state index in [9.17, 15) is 24.9 Å². The van der Waals surface area contributed by atoms with E-state index in [-0.39, 0.29) is 11.1 Å². The lowest BCUT2D eigenvalue weighted by atomic mass is 9.97. The molecule has 0 spiro atoms. The van der Waals surface area contributed by atoms with E-state index >= 15 is 0 Å². The molecule has 2 aromatic carbocycles. The number of aliphatic hydroxyl groups excluding tert-OH is 3. The summed E-state index contributed by atoms with van der Waals surface area (Å²) in [6.07, 6.45) is -3.94. The predicted molar refractivity (Wildman–Crippen MR) is 106 cm³/mol. The third kappa shape index (κ3) is 3.47. The second-order valence-corrected chi connectivity index (χ2v) is 8.33. The van der Waals surface area contributed by atoms with E-state index in [2.05, 4.69) is 0 Å². The lowest BCUT2D eigenvalue weighted by Gasteiger charge is -2.44. The first-order valence-electron chi connectivity index (χ1n) is 9.25. The quantitative estimate of drug-likeness (QED) is 0.644. The van der Waals surface area contributed by atoms with Gasteiger partial charge in [0.15, 0.2) is 0 Å². The van der Waals surface area contributed by atoms with Gasteiger partial charge in [-0.25, -0.2) is 0 Å². The molecule has 0 radical (unpaired) electrons. The van der Waals surface area contributed by atoms with Crippen LogP contribution in [0.4, 0.5) is 0 Å². The number of aryl methyl sites for hydroxylation is 1. The van der Waals surface area contributed by atoms with Gasteiger partial charge in [0.25, 0.3) is 11.8 Å². The number of aliphatic hydroxyl groups is 3. The van der Waals surface area contributed by atoms with Crippen molar-refractivity contribution < 1.29 is 29.6 Å². The number of fused-ring (bicyclic) bond motifs is 1. The number of hydrogen-bond acceptors (Lipinski definition) is 7. The summed E-state index contributed by atoms with van der Waals surface area (Å²) in [5, 5.41) is 30.7. The number of carbonyl (C=O) groups excluding carboxylic acids is 2. The van der Waals surface area contributed by atoms with Crippen molar-refractivity contribution in [3.63, 3.8) is 0 Å². The van der Waals surface area contributed by atoms with Crippen molar-refractivity contribution in [3.05, 3.63) is 65.2 Å². The Balaban J connectivity index is 1.70. The number of ether oxygens (including phenoxy) is 1. The van der Waals surface area contributed by atoms with Crippen LogP contribution < -0.4 is 0 Å². The zero-order valence-corrected chi connectivity index (χ0v) is 16.5. The Hall–Kier alpha value is -2.23. The molecule has 4 rings (SSSR count). The van der Waals surface area contributed by atoms with Gasteiger partial charge in [-0.2, -0.15) is 0 Å². The van der Waals surface area contributed by atoms with Crippen LogP contribution in [0.2, 0.25) is 0 Å². The van der Waals surface area contributed by atoms with Gasteiger partial charge in [-0.1, -0.05) is 41.6 Å². The molecular weight excluding hydrogens is 394 g/mol. The van der Waals surface area contributed by atoms with Crippen molar-refractivity contribution in [2.75, 3.05) is 6.61 Å². The normalized spacial score (nSPS) is 29.2. The monoisotopic (exact) mass is 415 g/mol. The molecule has 5 atom stereocenters. The zero-order valence-electron chi connectivity index (χ0n) is 15.6. The Morgan fingerprint density at radius 3 is 2.10 bits per heavy atom. The van der Waals surface area contributed by atoms with Gasteiger partial charge < -0.3 is 20.1 Å². The Bertz CT molecular complexity index is 898. The Kier molecular flexibility index (Phi) is 5.46. The van der Waals surface area contributed by atoms with Crippen molar-refractivity contribution in [1.82, 2.24) is 4.90 Å². The molecule has 2 amide bonds. The highest BCUT2D eigenvalue weighted by Crippen LogP contribution is 2.38. The maximum atomic E-state index is 13.0. The molecule has 2 heterocycles. The fourth-order valence-electron chi connectivity index (χ4n) is 3.67. The Labute approximate surface area is 171 Å². The third-order valence-corrected chi connectivity index (χ3v) is 6.41. The molecule has 2 aliphatic rings. The van der Waals surface area contributed by atoms with E-state index in [0.717, 1.165) is 15.4 Å². The van der Waals surface area contributed by atoms with Crippen LogP contribution in [-0.4, -0.2) is 68.4 Å². The third-order valence-electron chi connectivity index (χ3n) is 5.25. The first-order valence-corrected chi connectivity index (χ1v) is 10.1. The fraction of sp³-hybridized carbons (Fsp3) is 0.333. The Morgan fingerprint density at radius 2 is 1.55 bits per heavy atom. The maximum Gasteiger partial charge on any atom is 0.262 e. The summed E-state index contributed by atoms with van der Waals surface area (Å²) in [5.41, 5.74) is 0.708. The van der Waals surface area contributed by atoms with Crippen LogP contribution in [0, 0.1) is 6.92 Å². The van der Waals surface area contributed by atoms with Crippen LogP contribution in [0.25, 0.3) is 0 Å². The number of thioether (sulfide) groups is 1. The number of amides is 2. The molecule has 152 valence electrons. The topological polar surface area (TPSA) is 107 Å². The van der Waals surface area contributed by atoms with Gasteiger partial charge in [0.1, 0.15) is 29.8 Å². The first-order chi connectivity index (χ1) is 13.9. The molecular formula is C21H21NO6S. The summed E-state index contributed by atoms with van der Waals surface area (Å²) < 4.78 is 5.83. The van der Waals surface area contributed by atoms with Gasteiger partial charge in [-0.05, 0) is 31.2 Å². The summed E-state index contributed by atoms with van der Waals surface area (Å²) in [6, 6.07) is 12.9. The maximum absolute atomic E-state index is 13.0. The number of benzene rings is 2. The highest BCUT2D eigenvalue weighted by Gasteiger charge is 2.52. The largest absolute Gasteiger partial charge is 0.394 e. The lowest BCUT2D eigenvalue weighted by molar-refractivity contribution is -0.181. The van der Waals surface area contributed by atoms with E-state index in [0.29, 0.717) is 0 Å². The molecule has 8 heteroatoms. The van der Waals surface area contributed by atoms with E-state index in [4.69, 9.17) is 4.74 Å². The van der Waals surface area contributed by atoms with Crippen LogP contribution in [-0.2, 0) is 4.74 Å². The highest BCUT2D eigenvalue weighted by atomic mass is 32.2. The standard InChI is InChI=1S/C21H21NO6S/c1-11-6-8-12(9-7-11)29-21-16(18(25)17(24)15(10-23)28-21)22-19(26)13-4-2-3-5-14(13)20(22)27/h2-9,15-18,21,23-25H,10H2,1H3/t15?,16?,17?,18?,21-/m0/s1. The van der Waals surface area contributed by atoms with Crippen LogP contribution in [0.1, 0.15) is 26.3 Å². The van der Waals surface area contributed by atoms with Crippen molar-refractivity contribution in [1.29, 1.82) is 0 Å². The van der Waals surface area contributed by atoms with Crippen LogP contribution in [0.3, 0.4) is 0 Å². The fourth-order valence-corrected chi connectivity index (χ4v) is 4.85. The predicted octanol–water partition coefficient (Wildman–Crippen LogP) is 1.19. The van der Waals surface area contributed by atoms with E-state index in [1.807, 2.05) is 31.2 Å². The minimum absolute atomic E-state index is 0.252. The smallest absolute Gasteiger partial charge is 0.262 e. The average molecular weight is 415 g/mol. The van der Waals surface area contributed by atoms with Crippen molar-refractivity contribution in [2.24, 2.45) is 0 Å². The van der Waals surface area contributed by atoms with E-state index in [1.54, 1.807) is 24.3 Å². The molecule has 3 N–H and O–H groups in total. The summed E-state index contributed by atoms with van der Waals surface area (Å²) in [4.78, 5) is 27.7. The Morgan fingerprint density at radius 1 is 0.966 bits per heavy atom. The summed E-state index contributed by atoms with van der Waals surface area (Å²) in [6.45, 7) is 1.45. The molecule has 29 heavy (non-hydrogen) atoms. The minimum Gasteiger partial charge on any atom is -0.394 e. The zero-order chi connectivity index (χ0) is 20.7. The van der Waals surface area contributed by atoms with Gasteiger partial charge in [0.05, 0.1) is 17.7 Å². The second kappa shape index (κ2) is 7.89. The van der Waals surface area contributed by atoms with Crippen molar-refractivity contribution >= 4 is 23.6 Å². The van der Waals surface area contributed by atoms with Crippen LogP contribution in [0.15, 0.2) is 53.4 Å².